The van der Waals surface area contributed by atoms with Crippen LogP contribution in [-0.2, 0) is 11.4 Å². The van der Waals surface area contributed by atoms with Crippen LogP contribution in [0.3, 0.4) is 0 Å². The number of hydrogen-bond donors (Lipinski definition) is 0. The van der Waals surface area contributed by atoms with E-state index in [9.17, 15) is 4.39 Å². The van der Waals surface area contributed by atoms with E-state index >= 15 is 0 Å². The van der Waals surface area contributed by atoms with Gasteiger partial charge in [-0.3, -0.25) is 0 Å². The first-order chi connectivity index (χ1) is 13.9. The summed E-state index contributed by atoms with van der Waals surface area (Å²) in [6, 6.07) is 12.7. The van der Waals surface area contributed by atoms with Crippen LogP contribution in [0.1, 0.15) is 51.2 Å². The summed E-state index contributed by atoms with van der Waals surface area (Å²) in [6.45, 7) is 6.33. The molecule has 3 rings (SSSR count). The molecule has 2 aromatic carbocycles. The maximum atomic E-state index is 14.4. The number of hydrogen-bond acceptors (Lipinski definition) is 3. The van der Waals surface area contributed by atoms with Crippen LogP contribution in [0.5, 0.6) is 5.75 Å². The molecule has 154 valence electrons. The Morgan fingerprint density at radius 3 is 2.72 bits per heavy atom. The van der Waals surface area contributed by atoms with Crippen LogP contribution in [0, 0.1) is 11.7 Å². The van der Waals surface area contributed by atoms with Crippen LogP contribution in [0.4, 0.5) is 4.39 Å². The minimum atomic E-state index is -0.321. The molecule has 0 bridgehead atoms. The van der Waals surface area contributed by atoms with E-state index in [1.807, 2.05) is 57.2 Å². The summed E-state index contributed by atoms with van der Waals surface area (Å²) >= 11 is 5.98. The number of halogens is 2. The summed E-state index contributed by atoms with van der Waals surface area (Å²) < 4.78 is 20.3. The number of nitrogens with zero attached hydrogens (tertiary/aromatic N) is 1. The van der Waals surface area contributed by atoms with E-state index in [0.29, 0.717) is 17.4 Å². The molecule has 1 aliphatic rings. The second kappa shape index (κ2) is 9.93. The second-order valence-corrected chi connectivity index (χ2v) is 8.23. The lowest BCUT2D eigenvalue weighted by atomic mass is 10.0. The van der Waals surface area contributed by atoms with Crippen molar-refractivity contribution in [2.24, 2.45) is 11.1 Å². The molecule has 2 atom stereocenters. The standard InChI is InChI=1S/C24H27ClFNO2/c1-16(2)11-18-7-10-24(23(26)13-18)29-22-9-8-20(14-22)17(3)27-28-15-19-5-4-6-21(25)12-19/h4-7,10-13,20,22H,8-9,14-15H2,1-3H3/b27-17+. The van der Waals surface area contributed by atoms with E-state index in [4.69, 9.17) is 21.2 Å². The molecule has 1 aliphatic carbocycles. The van der Waals surface area contributed by atoms with Gasteiger partial charge in [-0.2, -0.15) is 0 Å². The van der Waals surface area contributed by atoms with Crippen molar-refractivity contribution in [1.82, 2.24) is 0 Å². The number of oxime groups is 1. The highest BCUT2D eigenvalue weighted by Gasteiger charge is 2.29. The van der Waals surface area contributed by atoms with Gasteiger partial charge < -0.3 is 9.57 Å². The van der Waals surface area contributed by atoms with E-state index in [0.717, 1.165) is 41.7 Å². The highest BCUT2D eigenvalue weighted by atomic mass is 35.5. The summed E-state index contributed by atoms with van der Waals surface area (Å²) in [6.07, 6.45) is 4.58. The molecule has 29 heavy (non-hydrogen) atoms. The Hall–Kier alpha value is -2.33. The molecule has 2 unspecified atom stereocenters. The fourth-order valence-electron chi connectivity index (χ4n) is 3.55. The molecule has 0 aromatic heterocycles. The van der Waals surface area contributed by atoms with E-state index in [1.54, 1.807) is 6.07 Å². The van der Waals surface area contributed by atoms with Crippen molar-refractivity contribution in [3.05, 3.63) is 70.0 Å². The van der Waals surface area contributed by atoms with E-state index in [2.05, 4.69) is 5.16 Å². The van der Waals surface area contributed by atoms with Crippen molar-refractivity contribution in [3.8, 4) is 5.75 Å². The van der Waals surface area contributed by atoms with Gasteiger partial charge in [-0.1, -0.05) is 46.6 Å². The van der Waals surface area contributed by atoms with E-state index in [-0.39, 0.29) is 17.8 Å². The third kappa shape index (κ3) is 6.33. The molecule has 3 nitrogen and oxygen atoms in total. The molecule has 1 saturated carbocycles. The zero-order chi connectivity index (χ0) is 20.8. The lowest BCUT2D eigenvalue weighted by Gasteiger charge is -2.15. The van der Waals surface area contributed by atoms with Gasteiger partial charge in [0.15, 0.2) is 11.6 Å². The van der Waals surface area contributed by atoms with Gasteiger partial charge in [0.05, 0.1) is 11.8 Å². The number of rotatable bonds is 7. The average molecular weight is 416 g/mol. The van der Waals surface area contributed by atoms with Gasteiger partial charge in [0.2, 0.25) is 0 Å². The fraction of sp³-hybridized carbons (Fsp3) is 0.375. The van der Waals surface area contributed by atoms with Gasteiger partial charge in [-0.05, 0) is 75.4 Å². The van der Waals surface area contributed by atoms with Gasteiger partial charge in [-0.15, -0.1) is 0 Å². The Morgan fingerprint density at radius 1 is 1.17 bits per heavy atom. The van der Waals surface area contributed by atoms with Crippen molar-refractivity contribution in [3.63, 3.8) is 0 Å². The lowest BCUT2D eigenvalue weighted by molar-refractivity contribution is 0.128. The first-order valence-corrected chi connectivity index (χ1v) is 10.3. The first kappa shape index (κ1) is 21.4. The Labute approximate surface area is 177 Å². The third-order valence-electron chi connectivity index (χ3n) is 5.01. The normalized spacial score (nSPS) is 19.1. The molecule has 0 heterocycles. The van der Waals surface area contributed by atoms with Crippen LogP contribution in [0.15, 0.2) is 53.2 Å². The zero-order valence-electron chi connectivity index (χ0n) is 17.1. The maximum absolute atomic E-state index is 14.4. The molecule has 0 aliphatic heterocycles. The summed E-state index contributed by atoms with van der Waals surface area (Å²) in [4.78, 5) is 5.49. The monoisotopic (exact) mass is 415 g/mol. The molecule has 2 aromatic rings. The number of benzene rings is 2. The molecule has 0 N–H and O–H groups in total. The van der Waals surface area contributed by atoms with Crippen molar-refractivity contribution in [2.45, 2.75) is 52.7 Å². The minimum Gasteiger partial charge on any atom is -0.487 e. The van der Waals surface area contributed by atoms with Crippen LogP contribution >= 0.6 is 11.6 Å². The average Bonchev–Trinajstić information content (AvgIpc) is 3.12. The molecule has 0 spiro atoms. The molecule has 0 saturated heterocycles. The van der Waals surface area contributed by atoms with Crippen molar-refractivity contribution >= 4 is 23.4 Å². The zero-order valence-corrected chi connectivity index (χ0v) is 17.9. The third-order valence-corrected chi connectivity index (χ3v) is 5.24. The topological polar surface area (TPSA) is 30.8 Å². The van der Waals surface area contributed by atoms with Crippen LogP contribution < -0.4 is 4.74 Å². The predicted octanol–water partition coefficient (Wildman–Crippen LogP) is 7.04. The predicted molar refractivity (Wildman–Crippen MR) is 117 cm³/mol. The van der Waals surface area contributed by atoms with Gasteiger partial charge in [0, 0.05) is 10.9 Å². The lowest BCUT2D eigenvalue weighted by Crippen LogP contribution is -2.15. The SMILES string of the molecule is CC(C)=Cc1ccc(OC2CCC(/C(C)=N/OCc3cccc(Cl)c3)C2)c(F)c1. The molecular weight excluding hydrogens is 389 g/mol. The minimum absolute atomic E-state index is 0.0121. The first-order valence-electron chi connectivity index (χ1n) is 9.92. The van der Waals surface area contributed by atoms with E-state index in [1.165, 1.54) is 6.07 Å². The van der Waals surface area contributed by atoms with Gasteiger partial charge >= 0.3 is 0 Å². The highest BCUT2D eigenvalue weighted by Crippen LogP contribution is 2.31. The Bertz CT molecular complexity index is 906. The van der Waals surface area contributed by atoms with E-state index < -0.39 is 0 Å². The summed E-state index contributed by atoms with van der Waals surface area (Å²) in [5, 5.41) is 4.95. The summed E-state index contributed by atoms with van der Waals surface area (Å²) in [7, 11) is 0. The van der Waals surface area contributed by atoms with Crippen LogP contribution in [0.25, 0.3) is 6.08 Å². The fourth-order valence-corrected chi connectivity index (χ4v) is 3.76. The van der Waals surface area contributed by atoms with Gasteiger partial charge in [0.1, 0.15) is 6.61 Å². The van der Waals surface area contributed by atoms with Gasteiger partial charge in [-0.25, -0.2) is 4.39 Å². The Morgan fingerprint density at radius 2 is 2.00 bits per heavy atom. The molecule has 0 radical (unpaired) electrons. The second-order valence-electron chi connectivity index (χ2n) is 7.80. The Kier molecular flexibility index (Phi) is 7.32. The van der Waals surface area contributed by atoms with Crippen LogP contribution in [0.2, 0.25) is 5.02 Å². The van der Waals surface area contributed by atoms with Gasteiger partial charge in [0.25, 0.3) is 0 Å². The maximum Gasteiger partial charge on any atom is 0.165 e. The summed E-state index contributed by atoms with van der Waals surface area (Å²) in [5.74, 6) is 0.277. The van der Waals surface area contributed by atoms with Crippen LogP contribution in [-0.4, -0.2) is 11.8 Å². The van der Waals surface area contributed by atoms with Crippen molar-refractivity contribution in [1.29, 1.82) is 0 Å². The Balaban J connectivity index is 1.52. The molecule has 1 fully saturated rings. The van der Waals surface area contributed by atoms with Crippen molar-refractivity contribution in [2.75, 3.05) is 0 Å². The summed E-state index contributed by atoms with van der Waals surface area (Å²) in [5.41, 5.74) is 3.90. The highest BCUT2D eigenvalue weighted by molar-refractivity contribution is 6.30. The van der Waals surface area contributed by atoms with Crippen molar-refractivity contribution < 1.29 is 14.0 Å². The number of allylic oxidation sites excluding steroid dienone is 1. The molecule has 5 heteroatoms. The molecular formula is C24H27ClFNO2. The largest absolute Gasteiger partial charge is 0.487 e. The number of ether oxygens (including phenoxy) is 1. The smallest absolute Gasteiger partial charge is 0.165 e. The quantitative estimate of drug-likeness (QED) is 0.358. The molecule has 0 amide bonds.